The van der Waals surface area contributed by atoms with E-state index < -0.39 is 0 Å². The molecule has 1 aromatic rings. The van der Waals surface area contributed by atoms with Gasteiger partial charge in [-0.05, 0) is 26.2 Å². The standard InChI is InChI=1S/C16H23N3O4/c1-10-17-15(23-18-10)7-13-6-12-8-19(9-14(12)22-13)16(20)11-2-4-21-5-3-11/h11-14H,2-9H2,1H3/t12-,13+,14+/m0/s1. The second-order valence-electron chi connectivity index (χ2n) is 6.86. The Morgan fingerprint density at radius 3 is 2.83 bits per heavy atom. The summed E-state index contributed by atoms with van der Waals surface area (Å²) in [4.78, 5) is 18.8. The molecule has 0 radical (unpaired) electrons. The number of carbonyl (C=O) groups excluding carboxylic acids is 1. The fraction of sp³-hybridized carbons (Fsp3) is 0.812. The zero-order chi connectivity index (χ0) is 15.8. The molecule has 3 aliphatic rings. The lowest BCUT2D eigenvalue weighted by atomic mass is 9.98. The van der Waals surface area contributed by atoms with Gasteiger partial charge in [0, 0.05) is 38.1 Å². The Labute approximate surface area is 135 Å². The van der Waals surface area contributed by atoms with Gasteiger partial charge in [0.1, 0.15) is 0 Å². The van der Waals surface area contributed by atoms with Crippen molar-refractivity contribution in [2.75, 3.05) is 26.3 Å². The summed E-state index contributed by atoms with van der Waals surface area (Å²) in [6.45, 7) is 4.77. The first-order valence-corrected chi connectivity index (χ1v) is 8.50. The van der Waals surface area contributed by atoms with E-state index in [4.69, 9.17) is 14.0 Å². The van der Waals surface area contributed by atoms with Crippen molar-refractivity contribution in [3.8, 4) is 0 Å². The molecular formula is C16H23N3O4. The topological polar surface area (TPSA) is 77.7 Å². The average Bonchev–Trinajstić information content (AvgIpc) is 3.22. The van der Waals surface area contributed by atoms with Gasteiger partial charge in [0.25, 0.3) is 0 Å². The molecule has 0 spiro atoms. The molecular weight excluding hydrogens is 298 g/mol. The lowest BCUT2D eigenvalue weighted by Gasteiger charge is -2.27. The van der Waals surface area contributed by atoms with Crippen LogP contribution in [0.2, 0.25) is 0 Å². The maximum atomic E-state index is 12.6. The molecule has 0 aromatic carbocycles. The molecule has 4 rings (SSSR count). The number of ether oxygens (including phenoxy) is 2. The van der Waals surface area contributed by atoms with E-state index in [1.165, 1.54) is 0 Å². The van der Waals surface area contributed by atoms with Crippen molar-refractivity contribution in [1.29, 1.82) is 0 Å². The number of rotatable bonds is 3. The van der Waals surface area contributed by atoms with Crippen molar-refractivity contribution >= 4 is 5.91 Å². The van der Waals surface area contributed by atoms with Crippen LogP contribution < -0.4 is 0 Å². The smallest absolute Gasteiger partial charge is 0.229 e. The maximum Gasteiger partial charge on any atom is 0.229 e. The molecule has 7 heteroatoms. The van der Waals surface area contributed by atoms with Crippen molar-refractivity contribution in [1.82, 2.24) is 15.0 Å². The van der Waals surface area contributed by atoms with Crippen LogP contribution in [-0.4, -0.2) is 59.5 Å². The quantitative estimate of drug-likeness (QED) is 0.825. The number of nitrogens with zero attached hydrogens (tertiary/aromatic N) is 3. The Bertz CT molecular complexity index is 555. The van der Waals surface area contributed by atoms with E-state index in [2.05, 4.69) is 10.1 Å². The second-order valence-corrected chi connectivity index (χ2v) is 6.86. The molecule has 0 aliphatic carbocycles. The molecule has 3 aliphatic heterocycles. The van der Waals surface area contributed by atoms with Gasteiger partial charge in [0.2, 0.25) is 11.8 Å². The molecule has 7 nitrogen and oxygen atoms in total. The van der Waals surface area contributed by atoms with Crippen molar-refractivity contribution in [3.05, 3.63) is 11.7 Å². The van der Waals surface area contributed by atoms with E-state index in [1.807, 2.05) is 11.8 Å². The predicted octanol–water partition coefficient (Wildman–Crippen LogP) is 0.963. The molecule has 23 heavy (non-hydrogen) atoms. The first kappa shape index (κ1) is 15.1. The Morgan fingerprint density at radius 1 is 1.30 bits per heavy atom. The number of likely N-dealkylation sites (tertiary alicyclic amines) is 1. The molecule has 0 saturated carbocycles. The molecule has 1 amide bonds. The first-order valence-electron chi connectivity index (χ1n) is 8.50. The van der Waals surface area contributed by atoms with E-state index in [0.29, 0.717) is 37.3 Å². The Hall–Kier alpha value is -1.47. The highest BCUT2D eigenvalue weighted by atomic mass is 16.5. The van der Waals surface area contributed by atoms with Crippen LogP contribution in [0.3, 0.4) is 0 Å². The molecule has 0 unspecified atom stereocenters. The third-order valence-electron chi connectivity index (χ3n) is 5.17. The summed E-state index contributed by atoms with van der Waals surface area (Å²) in [5, 5.41) is 3.81. The zero-order valence-corrected chi connectivity index (χ0v) is 13.4. The van der Waals surface area contributed by atoms with Gasteiger partial charge in [0.15, 0.2) is 5.82 Å². The van der Waals surface area contributed by atoms with Gasteiger partial charge >= 0.3 is 0 Å². The van der Waals surface area contributed by atoms with Gasteiger partial charge in [-0.15, -0.1) is 0 Å². The van der Waals surface area contributed by atoms with Crippen molar-refractivity contribution in [2.45, 2.75) is 44.8 Å². The summed E-state index contributed by atoms with van der Waals surface area (Å²) in [6.07, 6.45) is 3.62. The summed E-state index contributed by atoms with van der Waals surface area (Å²) >= 11 is 0. The maximum absolute atomic E-state index is 12.6. The Balaban J connectivity index is 1.30. The average molecular weight is 321 g/mol. The summed E-state index contributed by atoms with van der Waals surface area (Å²) in [6, 6.07) is 0. The number of hydrogen-bond donors (Lipinski definition) is 0. The number of carbonyl (C=O) groups is 1. The van der Waals surface area contributed by atoms with Gasteiger partial charge in [0.05, 0.1) is 18.6 Å². The van der Waals surface area contributed by atoms with Gasteiger partial charge < -0.3 is 18.9 Å². The van der Waals surface area contributed by atoms with E-state index >= 15 is 0 Å². The van der Waals surface area contributed by atoms with E-state index in [0.717, 1.165) is 32.4 Å². The highest BCUT2D eigenvalue weighted by Gasteiger charge is 2.44. The second kappa shape index (κ2) is 6.20. The first-order chi connectivity index (χ1) is 11.2. The molecule has 3 saturated heterocycles. The summed E-state index contributed by atoms with van der Waals surface area (Å²) in [7, 11) is 0. The number of fused-ring (bicyclic) bond motifs is 1. The number of aryl methyl sites for hydroxylation is 1. The predicted molar refractivity (Wildman–Crippen MR) is 79.6 cm³/mol. The van der Waals surface area contributed by atoms with Crippen LogP contribution >= 0.6 is 0 Å². The number of amides is 1. The zero-order valence-electron chi connectivity index (χ0n) is 13.4. The minimum absolute atomic E-state index is 0.130. The fourth-order valence-electron chi connectivity index (χ4n) is 3.99. The van der Waals surface area contributed by atoms with Crippen LogP contribution in [0.15, 0.2) is 4.52 Å². The monoisotopic (exact) mass is 321 g/mol. The SMILES string of the molecule is Cc1noc(C[C@H]2C[C@H]3CN(C(=O)C4CCOCC4)C[C@H]3O2)n1. The molecule has 3 atom stereocenters. The van der Waals surface area contributed by atoms with Crippen LogP contribution in [0.25, 0.3) is 0 Å². The minimum Gasteiger partial charge on any atom is -0.381 e. The largest absolute Gasteiger partial charge is 0.381 e. The van der Waals surface area contributed by atoms with Gasteiger partial charge in [-0.2, -0.15) is 4.98 Å². The molecule has 1 aromatic heterocycles. The van der Waals surface area contributed by atoms with Gasteiger partial charge in [-0.25, -0.2) is 0 Å². The van der Waals surface area contributed by atoms with Crippen LogP contribution in [0.1, 0.15) is 31.0 Å². The van der Waals surface area contributed by atoms with E-state index in [9.17, 15) is 4.79 Å². The highest BCUT2D eigenvalue weighted by molar-refractivity contribution is 5.79. The van der Waals surface area contributed by atoms with E-state index in [1.54, 1.807) is 0 Å². The molecule has 3 fully saturated rings. The number of aromatic nitrogens is 2. The highest BCUT2D eigenvalue weighted by Crippen LogP contribution is 2.35. The molecule has 0 bridgehead atoms. The minimum atomic E-state index is 0.130. The third-order valence-corrected chi connectivity index (χ3v) is 5.17. The lowest BCUT2D eigenvalue weighted by Crippen LogP contribution is -2.38. The normalized spacial score (nSPS) is 31.5. The fourth-order valence-corrected chi connectivity index (χ4v) is 3.99. The third kappa shape index (κ3) is 3.12. The summed E-state index contributed by atoms with van der Waals surface area (Å²) < 4.78 is 16.6. The van der Waals surface area contributed by atoms with Gasteiger partial charge in [-0.3, -0.25) is 4.79 Å². The van der Waals surface area contributed by atoms with Crippen LogP contribution in [0.4, 0.5) is 0 Å². The van der Waals surface area contributed by atoms with Crippen LogP contribution in [-0.2, 0) is 20.7 Å². The van der Waals surface area contributed by atoms with Gasteiger partial charge in [-0.1, -0.05) is 5.16 Å². The Kier molecular flexibility index (Phi) is 4.07. The lowest BCUT2D eigenvalue weighted by molar-refractivity contribution is -0.138. The number of hydrogen-bond acceptors (Lipinski definition) is 6. The van der Waals surface area contributed by atoms with Crippen molar-refractivity contribution < 1.29 is 18.8 Å². The molecule has 4 heterocycles. The van der Waals surface area contributed by atoms with Crippen molar-refractivity contribution in [2.24, 2.45) is 11.8 Å². The van der Waals surface area contributed by atoms with Crippen LogP contribution in [0.5, 0.6) is 0 Å². The van der Waals surface area contributed by atoms with Crippen molar-refractivity contribution in [3.63, 3.8) is 0 Å². The van der Waals surface area contributed by atoms with Crippen LogP contribution in [0, 0.1) is 18.8 Å². The molecule has 0 N–H and O–H groups in total. The van der Waals surface area contributed by atoms with E-state index in [-0.39, 0.29) is 24.0 Å². The molecule has 126 valence electrons. The summed E-state index contributed by atoms with van der Waals surface area (Å²) in [5.41, 5.74) is 0. The Morgan fingerprint density at radius 2 is 2.13 bits per heavy atom. The summed E-state index contributed by atoms with van der Waals surface area (Å²) in [5.74, 6) is 2.16.